The molecule has 1 aliphatic carbocycles. The first kappa shape index (κ1) is 9.00. The van der Waals surface area contributed by atoms with Gasteiger partial charge in [0, 0.05) is 12.3 Å². The van der Waals surface area contributed by atoms with Crippen LogP contribution >= 0.6 is 0 Å². The lowest BCUT2D eigenvalue weighted by molar-refractivity contribution is 0.0484. The van der Waals surface area contributed by atoms with Crippen LogP contribution < -0.4 is 0 Å². The number of nitrogens with zero attached hydrogens (tertiary/aromatic N) is 1. The standard InChI is InChI=1S/C10H17NO2/c1-6(2)10-11-8-4-3-7(12)5-9(8)13-10/h6-9,12H,3-5H2,1-2H3. The molecule has 3 nitrogen and oxygen atoms in total. The van der Waals surface area contributed by atoms with E-state index in [1.54, 1.807) is 0 Å². The molecule has 2 rings (SSSR count). The molecule has 3 unspecified atom stereocenters. The molecule has 1 saturated carbocycles. The predicted molar refractivity (Wildman–Crippen MR) is 50.8 cm³/mol. The number of aliphatic hydroxyl groups excluding tert-OH is 1. The minimum absolute atomic E-state index is 0.154. The Labute approximate surface area is 78.8 Å². The summed E-state index contributed by atoms with van der Waals surface area (Å²) in [5.74, 6) is 1.26. The zero-order valence-electron chi connectivity index (χ0n) is 8.23. The van der Waals surface area contributed by atoms with Crippen LogP contribution in [0.2, 0.25) is 0 Å². The Balaban J connectivity index is 2.02. The molecule has 0 aromatic rings. The largest absolute Gasteiger partial charge is 0.475 e. The van der Waals surface area contributed by atoms with Crippen molar-refractivity contribution in [3.63, 3.8) is 0 Å². The van der Waals surface area contributed by atoms with E-state index in [0.29, 0.717) is 12.0 Å². The van der Waals surface area contributed by atoms with Gasteiger partial charge in [-0.25, -0.2) is 4.99 Å². The lowest BCUT2D eigenvalue weighted by atomic mass is 9.91. The SMILES string of the molecule is CC(C)C1=NC2CCC(O)CC2O1. The maximum Gasteiger partial charge on any atom is 0.186 e. The van der Waals surface area contributed by atoms with Gasteiger partial charge in [0.15, 0.2) is 5.90 Å². The van der Waals surface area contributed by atoms with Gasteiger partial charge in [-0.1, -0.05) is 13.8 Å². The number of aliphatic imine (C=N–C) groups is 1. The zero-order chi connectivity index (χ0) is 9.42. The van der Waals surface area contributed by atoms with Crippen molar-refractivity contribution in [2.24, 2.45) is 10.9 Å². The number of rotatable bonds is 1. The Kier molecular flexibility index (Phi) is 2.28. The molecule has 0 radical (unpaired) electrons. The van der Waals surface area contributed by atoms with Crippen LogP contribution in [0.25, 0.3) is 0 Å². The maximum atomic E-state index is 9.45. The van der Waals surface area contributed by atoms with Crippen molar-refractivity contribution in [2.45, 2.75) is 51.4 Å². The van der Waals surface area contributed by atoms with Gasteiger partial charge >= 0.3 is 0 Å². The van der Waals surface area contributed by atoms with Crippen molar-refractivity contribution in [3.05, 3.63) is 0 Å². The number of aliphatic hydroxyl groups is 1. The van der Waals surface area contributed by atoms with Crippen molar-refractivity contribution < 1.29 is 9.84 Å². The summed E-state index contributed by atoms with van der Waals surface area (Å²) in [5, 5.41) is 9.45. The third-order valence-electron chi connectivity index (χ3n) is 2.79. The minimum Gasteiger partial charge on any atom is -0.475 e. The number of hydrogen-bond acceptors (Lipinski definition) is 3. The summed E-state index contributed by atoms with van der Waals surface area (Å²) in [7, 11) is 0. The van der Waals surface area contributed by atoms with Crippen LogP contribution in [0.1, 0.15) is 33.1 Å². The van der Waals surface area contributed by atoms with Crippen molar-refractivity contribution in [2.75, 3.05) is 0 Å². The van der Waals surface area contributed by atoms with E-state index in [9.17, 15) is 5.11 Å². The molecule has 0 spiro atoms. The van der Waals surface area contributed by atoms with Gasteiger partial charge in [-0.05, 0) is 12.8 Å². The van der Waals surface area contributed by atoms with Gasteiger partial charge in [0.2, 0.25) is 0 Å². The maximum absolute atomic E-state index is 9.45. The second-order valence-electron chi connectivity index (χ2n) is 4.31. The summed E-state index contributed by atoms with van der Waals surface area (Å²) in [4.78, 5) is 4.53. The molecule has 1 heterocycles. The van der Waals surface area contributed by atoms with E-state index in [1.165, 1.54) is 0 Å². The third kappa shape index (κ3) is 1.70. The Morgan fingerprint density at radius 1 is 1.46 bits per heavy atom. The second kappa shape index (κ2) is 3.29. The Morgan fingerprint density at radius 2 is 2.23 bits per heavy atom. The highest BCUT2D eigenvalue weighted by atomic mass is 16.5. The topological polar surface area (TPSA) is 41.8 Å². The van der Waals surface area contributed by atoms with Crippen LogP contribution in [0.5, 0.6) is 0 Å². The van der Waals surface area contributed by atoms with E-state index in [1.807, 2.05) is 0 Å². The molecule has 0 aromatic carbocycles. The molecule has 3 heteroatoms. The Bertz CT molecular complexity index is 225. The Hall–Kier alpha value is -0.570. The molecule has 0 aromatic heterocycles. The molecule has 1 N–H and O–H groups in total. The summed E-state index contributed by atoms with van der Waals surface area (Å²) in [6.07, 6.45) is 2.58. The normalized spacial score (nSPS) is 38.5. The van der Waals surface area contributed by atoms with Gasteiger partial charge in [-0.2, -0.15) is 0 Å². The third-order valence-corrected chi connectivity index (χ3v) is 2.79. The monoisotopic (exact) mass is 183 g/mol. The first-order valence-electron chi connectivity index (χ1n) is 5.09. The van der Waals surface area contributed by atoms with Gasteiger partial charge in [0.05, 0.1) is 12.1 Å². The highest BCUT2D eigenvalue weighted by Gasteiger charge is 2.36. The van der Waals surface area contributed by atoms with Crippen LogP contribution in [0.4, 0.5) is 0 Å². The second-order valence-corrected chi connectivity index (χ2v) is 4.31. The number of fused-ring (bicyclic) bond motifs is 1. The molecule has 74 valence electrons. The summed E-state index contributed by atoms with van der Waals surface area (Å²) >= 11 is 0. The molecule has 13 heavy (non-hydrogen) atoms. The molecule has 3 atom stereocenters. The van der Waals surface area contributed by atoms with Crippen LogP contribution in [0.15, 0.2) is 4.99 Å². The summed E-state index contributed by atoms with van der Waals surface area (Å²) < 4.78 is 5.69. The van der Waals surface area contributed by atoms with Crippen molar-refractivity contribution in [1.29, 1.82) is 0 Å². The average molecular weight is 183 g/mol. The van der Waals surface area contributed by atoms with Gasteiger partial charge in [-0.15, -0.1) is 0 Å². The first-order chi connectivity index (χ1) is 6.16. The van der Waals surface area contributed by atoms with E-state index < -0.39 is 0 Å². The van der Waals surface area contributed by atoms with Gasteiger partial charge in [0.25, 0.3) is 0 Å². The highest BCUT2D eigenvalue weighted by Crippen LogP contribution is 2.30. The fraction of sp³-hybridized carbons (Fsp3) is 0.900. The quantitative estimate of drug-likeness (QED) is 0.666. The molecule has 2 aliphatic rings. The summed E-state index contributed by atoms with van der Waals surface area (Å²) in [5.41, 5.74) is 0. The lowest BCUT2D eigenvalue weighted by Gasteiger charge is -2.26. The van der Waals surface area contributed by atoms with Crippen LogP contribution in [-0.4, -0.2) is 29.3 Å². The summed E-state index contributed by atoms with van der Waals surface area (Å²) in [6.45, 7) is 4.18. The van der Waals surface area contributed by atoms with Crippen molar-refractivity contribution >= 4 is 5.90 Å². The molecule has 0 bridgehead atoms. The van der Waals surface area contributed by atoms with E-state index in [0.717, 1.165) is 25.2 Å². The number of hydrogen-bond donors (Lipinski definition) is 1. The highest BCUT2D eigenvalue weighted by molar-refractivity contribution is 5.80. The fourth-order valence-electron chi connectivity index (χ4n) is 2.00. The predicted octanol–water partition coefficient (Wildman–Crippen LogP) is 1.35. The average Bonchev–Trinajstić information content (AvgIpc) is 2.46. The van der Waals surface area contributed by atoms with E-state index in [4.69, 9.17) is 4.74 Å². The van der Waals surface area contributed by atoms with Crippen molar-refractivity contribution in [3.8, 4) is 0 Å². The number of ether oxygens (including phenoxy) is 1. The Morgan fingerprint density at radius 3 is 2.92 bits per heavy atom. The van der Waals surface area contributed by atoms with Gasteiger partial charge in [0.1, 0.15) is 6.10 Å². The lowest BCUT2D eigenvalue weighted by Crippen LogP contribution is -2.33. The van der Waals surface area contributed by atoms with Crippen LogP contribution in [0.3, 0.4) is 0 Å². The minimum atomic E-state index is -0.178. The van der Waals surface area contributed by atoms with Gasteiger partial charge < -0.3 is 9.84 Å². The van der Waals surface area contributed by atoms with E-state index in [-0.39, 0.29) is 12.2 Å². The van der Waals surface area contributed by atoms with E-state index >= 15 is 0 Å². The fourth-order valence-corrected chi connectivity index (χ4v) is 2.00. The van der Waals surface area contributed by atoms with Crippen LogP contribution in [-0.2, 0) is 4.74 Å². The molecular formula is C10H17NO2. The van der Waals surface area contributed by atoms with E-state index in [2.05, 4.69) is 18.8 Å². The molecule has 0 amide bonds. The zero-order valence-corrected chi connectivity index (χ0v) is 8.23. The molecular weight excluding hydrogens is 166 g/mol. The first-order valence-corrected chi connectivity index (χ1v) is 5.09. The van der Waals surface area contributed by atoms with Gasteiger partial charge in [-0.3, -0.25) is 0 Å². The summed E-state index contributed by atoms with van der Waals surface area (Å²) in [6, 6.07) is 0.320. The smallest absolute Gasteiger partial charge is 0.186 e. The molecule has 0 saturated heterocycles. The molecule has 1 fully saturated rings. The van der Waals surface area contributed by atoms with Crippen molar-refractivity contribution in [1.82, 2.24) is 0 Å². The molecule has 1 aliphatic heterocycles. The van der Waals surface area contributed by atoms with Crippen LogP contribution in [0, 0.1) is 5.92 Å².